The van der Waals surface area contributed by atoms with E-state index < -0.39 is 15.8 Å². The average Bonchev–Trinajstić information content (AvgIpc) is 3.01. The lowest BCUT2D eigenvalue weighted by molar-refractivity contribution is 0.0725. The van der Waals surface area contributed by atoms with Crippen LogP contribution in [0.2, 0.25) is 5.02 Å². The van der Waals surface area contributed by atoms with Gasteiger partial charge in [0.1, 0.15) is 0 Å². The molecule has 30 heavy (non-hydrogen) atoms. The van der Waals surface area contributed by atoms with E-state index in [0.29, 0.717) is 23.6 Å². The van der Waals surface area contributed by atoms with Crippen LogP contribution in [0.4, 0.5) is 5.69 Å². The van der Waals surface area contributed by atoms with E-state index in [0.717, 1.165) is 19.3 Å². The Kier molecular flexibility index (Phi) is 5.33. The summed E-state index contributed by atoms with van der Waals surface area (Å²) in [6, 6.07) is 8.63. The van der Waals surface area contributed by atoms with E-state index in [2.05, 4.69) is 4.72 Å². The Balaban J connectivity index is 1.70. The molecule has 1 amide bonds. The summed E-state index contributed by atoms with van der Waals surface area (Å²) in [5.74, 6) is -0.828. The van der Waals surface area contributed by atoms with E-state index in [1.165, 1.54) is 41.9 Å². The van der Waals surface area contributed by atoms with Gasteiger partial charge in [0, 0.05) is 31.2 Å². The third-order valence-electron chi connectivity index (χ3n) is 5.17. The molecule has 1 N–H and O–H groups in total. The molecule has 8 nitrogen and oxygen atoms in total. The highest BCUT2D eigenvalue weighted by atomic mass is 35.5. The molecule has 1 aliphatic rings. The van der Waals surface area contributed by atoms with Crippen molar-refractivity contribution < 1.29 is 17.6 Å². The lowest BCUT2D eigenvalue weighted by atomic mass is 10.1. The first-order valence-electron chi connectivity index (χ1n) is 9.47. The van der Waals surface area contributed by atoms with E-state index in [9.17, 15) is 18.0 Å². The highest BCUT2D eigenvalue weighted by molar-refractivity contribution is 7.92. The fraction of sp³-hybridized carbons (Fsp3) is 0.300. The number of nitrogens with one attached hydrogen (secondary N) is 1. The summed E-state index contributed by atoms with van der Waals surface area (Å²) in [6.07, 6.45) is 2.91. The fourth-order valence-electron chi connectivity index (χ4n) is 3.54. The van der Waals surface area contributed by atoms with Gasteiger partial charge in [-0.3, -0.25) is 14.1 Å². The standard InChI is InChI=1S/C20H20ClN3O5S/c1-23-17-8-6-14(12-18(17)29-20(23)26)30(27,28)22-16-11-13(21)5-7-15(16)19(25)24-9-3-2-4-10-24/h5-8,11-12,22H,2-4,9-10H2,1H3. The Morgan fingerprint density at radius 2 is 1.83 bits per heavy atom. The number of sulfonamides is 1. The third kappa shape index (κ3) is 3.82. The van der Waals surface area contributed by atoms with E-state index >= 15 is 0 Å². The summed E-state index contributed by atoms with van der Waals surface area (Å²) >= 11 is 6.07. The van der Waals surface area contributed by atoms with Crippen LogP contribution in [0, 0.1) is 0 Å². The lowest BCUT2D eigenvalue weighted by Crippen LogP contribution is -2.36. The number of benzene rings is 2. The minimum Gasteiger partial charge on any atom is -0.408 e. The average molecular weight is 450 g/mol. The molecule has 0 atom stereocenters. The smallest absolute Gasteiger partial charge is 0.408 e. The van der Waals surface area contributed by atoms with Crippen LogP contribution in [0.15, 0.2) is 50.5 Å². The van der Waals surface area contributed by atoms with E-state index in [-0.39, 0.29) is 27.6 Å². The van der Waals surface area contributed by atoms with E-state index in [1.54, 1.807) is 11.0 Å². The fourth-order valence-corrected chi connectivity index (χ4v) is 4.80. The number of carbonyl (C=O) groups excluding carboxylic acids is 1. The van der Waals surface area contributed by atoms with Gasteiger partial charge in [-0.2, -0.15) is 0 Å². The van der Waals surface area contributed by atoms with Crippen molar-refractivity contribution in [2.45, 2.75) is 24.2 Å². The number of carbonyl (C=O) groups is 1. The van der Waals surface area contributed by atoms with Crippen molar-refractivity contribution in [3.05, 3.63) is 57.5 Å². The number of aryl methyl sites for hydroxylation is 1. The molecule has 0 bridgehead atoms. The first-order chi connectivity index (χ1) is 14.3. The van der Waals surface area contributed by atoms with Gasteiger partial charge < -0.3 is 9.32 Å². The highest BCUT2D eigenvalue weighted by Crippen LogP contribution is 2.27. The molecular formula is C20H20ClN3O5S. The molecule has 1 aliphatic heterocycles. The van der Waals surface area contributed by atoms with E-state index in [4.69, 9.17) is 16.0 Å². The first kappa shape index (κ1) is 20.5. The highest BCUT2D eigenvalue weighted by Gasteiger charge is 2.24. The second kappa shape index (κ2) is 7.81. The van der Waals surface area contributed by atoms with Crippen LogP contribution in [0.1, 0.15) is 29.6 Å². The van der Waals surface area contributed by atoms with Crippen molar-refractivity contribution in [3.63, 3.8) is 0 Å². The van der Waals surface area contributed by atoms with Gasteiger partial charge in [-0.25, -0.2) is 13.2 Å². The van der Waals surface area contributed by atoms with Gasteiger partial charge in [0.15, 0.2) is 5.58 Å². The minimum absolute atomic E-state index is 0.0966. The van der Waals surface area contributed by atoms with Gasteiger partial charge in [0.25, 0.3) is 15.9 Å². The number of oxazole rings is 1. The van der Waals surface area contributed by atoms with Gasteiger partial charge in [-0.1, -0.05) is 11.6 Å². The first-order valence-corrected chi connectivity index (χ1v) is 11.3. The molecule has 10 heteroatoms. The number of rotatable bonds is 4. The monoisotopic (exact) mass is 449 g/mol. The van der Waals surface area contributed by atoms with Crippen molar-refractivity contribution in [1.29, 1.82) is 0 Å². The molecule has 3 aromatic rings. The van der Waals surface area contributed by atoms with Crippen LogP contribution in [0.25, 0.3) is 11.1 Å². The number of halogens is 1. The van der Waals surface area contributed by atoms with E-state index in [1.807, 2.05) is 0 Å². The van der Waals surface area contributed by atoms with Gasteiger partial charge in [-0.15, -0.1) is 0 Å². The largest absolute Gasteiger partial charge is 0.419 e. The predicted molar refractivity (Wildman–Crippen MR) is 113 cm³/mol. The van der Waals surface area contributed by atoms with Crippen LogP contribution >= 0.6 is 11.6 Å². The number of amides is 1. The summed E-state index contributed by atoms with van der Waals surface area (Å²) < 4.78 is 34.8. The number of hydrogen-bond acceptors (Lipinski definition) is 5. The summed E-state index contributed by atoms with van der Waals surface area (Å²) in [7, 11) is -2.53. The van der Waals surface area contributed by atoms with Crippen molar-refractivity contribution >= 4 is 44.3 Å². The Labute approximate surface area is 178 Å². The van der Waals surface area contributed by atoms with Crippen molar-refractivity contribution in [1.82, 2.24) is 9.47 Å². The molecule has 0 aliphatic carbocycles. The Bertz CT molecular complexity index is 1290. The molecule has 0 spiro atoms. The van der Waals surface area contributed by atoms with Gasteiger partial charge >= 0.3 is 5.76 Å². The maximum Gasteiger partial charge on any atom is 0.419 e. The van der Waals surface area contributed by atoms with Gasteiger partial charge in [0.2, 0.25) is 0 Å². The van der Waals surface area contributed by atoms with Gasteiger partial charge in [0.05, 0.1) is 21.7 Å². The zero-order valence-corrected chi connectivity index (χ0v) is 17.8. The molecule has 0 saturated carbocycles. The minimum atomic E-state index is -4.06. The summed E-state index contributed by atoms with van der Waals surface area (Å²) in [4.78, 5) is 26.3. The number of fused-ring (bicyclic) bond motifs is 1. The SMILES string of the molecule is Cn1c(=O)oc2cc(S(=O)(=O)Nc3cc(Cl)ccc3C(=O)N3CCCCC3)ccc21. The van der Waals surface area contributed by atoms with Crippen LogP contribution in [0.5, 0.6) is 0 Å². The molecule has 1 saturated heterocycles. The zero-order chi connectivity index (χ0) is 21.5. The van der Waals surface area contributed by atoms with Crippen LogP contribution in [-0.4, -0.2) is 36.9 Å². The van der Waals surface area contributed by atoms with Crippen molar-refractivity contribution in [2.24, 2.45) is 7.05 Å². The summed E-state index contributed by atoms with van der Waals surface area (Å²) in [6.45, 7) is 1.27. The number of likely N-dealkylation sites (tertiary alicyclic amines) is 1. The zero-order valence-electron chi connectivity index (χ0n) is 16.2. The molecule has 158 valence electrons. The number of aromatic nitrogens is 1. The predicted octanol–water partition coefficient (Wildman–Crippen LogP) is 3.21. The Morgan fingerprint density at radius 3 is 2.57 bits per heavy atom. The quantitative estimate of drug-likeness (QED) is 0.659. The van der Waals surface area contributed by atoms with Crippen LogP contribution in [0.3, 0.4) is 0 Å². The molecule has 0 radical (unpaired) electrons. The molecule has 4 rings (SSSR count). The molecule has 1 fully saturated rings. The maximum atomic E-state index is 13.0. The second-order valence-electron chi connectivity index (χ2n) is 7.20. The molecule has 2 heterocycles. The van der Waals surface area contributed by atoms with Crippen LogP contribution < -0.4 is 10.5 Å². The topological polar surface area (TPSA) is 102 Å². The normalized spacial score (nSPS) is 14.8. The van der Waals surface area contributed by atoms with Crippen LogP contribution in [-0.2, 0) is 17.1 Å². The number of hydrogen-bond donors (Lipinski definition) is 1. The summed E-state index contributed by atoms with van der Waals surface area (Å²) in [5.41, 5.74) is 0.966. The van der Waals surface area contributed by atoms with Crippen molar-refractivity contribution in [3.8, 4) is 0 Å². The Morgan fingerprint density at radius 1 is 1.10 bits per heavy atom. The molecule has 2 aromatic carbocycles. The number of anilines is 1. The lowest BCUT2D eigenvalue weighted by Gasteiger charge is -2.27. The van der Waals surface area contributed by atoms with Gasteiger partial charge in [-0.05, 0) is 49.6 Å². The Hall–Kier alpha value is -2.78. The third-order valence-corrected chi connectivity index (χ3v) is 6.77. The maximum absolute atomic E-state index is 13.0. The van der Waals surface area contributed by atoms with Crippen molar-refractivity contribution in [2.75, 3.05) is 17.8 Å². The number of nitrogens with zero attached hydrogens (tertiary/aromatic N) is 2. The molecular weight excluding hydrogens is 430 g/mol. The summed E-state index contributed by atoms with van der Waals surface area (Å²) in [5, 5.41) is 0.299. The number of piperidine rings is 1. The molecule has 0 unspecified atom stereocenters. The molecule has 1 aromatic heterocycles. The second-order valence-corrected chi connectivity index (χ2v) is 9.32.